The molecule has 24 heavy (non-hydrogen) atoms. The summed E-state index contributed by atoms with van der Waals surface area (Å²) in [6.07, 6.45) is 4.85. The van der Waals surface area contributed by atoms with E-state index in [0.29, 0.717) is 17.1 Å². The van der Waals surface area contributed by atoms with Crippen LogP contribution in [0.3, 0.4) is 0 Å². The third-order valence-electron chi connectivity index (χ3n) is 3.22. The Bertz CT molecular complexity index is 814. The first-order chi connectivity index (χ1) is 11.7. The molecule has 1 aromatic carbocycles. The van der Waals surface area contributed by atoms with Crippen LogP contribution < -0.4 is 10.6 Å². The van der Waals surface area contributed by atoms with E-state index in [1.807, 2.05) is 18.2 Å². The molecule has 3 rings (SSSR count). The minimum atomic E-state index is -0.363. The summed E-state index contributed by atoms with van der Waals surface area (Å²) in [5.41, 5.74) is 1.06. The number of nitrogens with zero attached hydrogens (tertiary/aromatic N) is 3. The monoisotopic (exact) mass is 321 g/mol. The van der Waals surface area contributed by atoms with Crippen molar-refractivity contribution in [2.24, 2.45) is 0 Å². The first-order valence-corrected chi connectivity index (χ1v) is 7.31. The van der Waals surface area contributed by atoms with Crippen LogP contribution in [0.4, 0.5) is 5.69 Å². The SMILES string of the molecule is O=C(CNC(=O)c1ccc(-n2cccn2)nc1)Nc1ccccc1. The number of carbonyl (C=O) groups is 2. The van der Waals surface area contributed by atoms with E-state index in [-0.39, 0.29) is 18.4 Å². The van der Waals surface area contributed by atoms with Crippen molar-refractivity contribution in [1.29, 1.82) is 0 Å². The summed E-state index contributed by atoms with van der Waals surface area (Å²) in [5.74, 6) is -0.0493. The number of benzene rings is 1. The van der Waals surface area contributed by atoms with Crippen molar-refractivity contribution >= 4 is 17.5 Å². The number of hydrogen-bond acceptors (Lipinski definition) is 4. The van der Waals surface area contributed by atoms with Crippen molar-refractivity contribution in [1.82, 2.24) is 20.1 Å². The molecule has 2 heterocycles. The van der Waals surface area contributed by atoms with Crippen molar-refractivity contribution in [2.45, 2.75) is 0 Å². The average molecular weight is 321 g/mol. The van der Waals surface area contributed by atoms with Gasteiger partial charge in [-0.1, -0.05) is 18.2 Å². The number of anilines is 1. The first kappa shape index (κ1) is 15.4. The van der Waals surface area contributed by atoms with E-state index in [0.717, 1.165) is 0 Å². The molecule has 2 N–H and O–H groups in total. The summed E-state index contributed by atoms with van der Waals surface area (Å²) in [6.45, 7) is -0.116. The minimum Gasteiger partial charge on any atom is -0.343 e. The zero-order chi connectivity index (χ0) is 16.8. The van der Waals surface area contributed by atoms with Crippen molar-refractivity contribution < 1.29 is 9.59 Å². The Kier molecular flexibility index (Phi) is 4.62. The lowest BCUT2D eigenvalue weighted by molar-refractivity contribution is -0.115. The molecular weight excluding hydrogens is 306 g/mol. The van der Waals surface area contributed by atoms with Gasteiger partial charge < -0.3 is 10.6 Å². The van der Waals surface area contributed by atoms with Crippen LogP contribution in [0, 0.1) is 0 Å². The summed E-state index contributed by atoms with van der Waals surface area (Å²) in [5, 5.41) is 9.32. The van der Waals surface area contributed by atoms with E-state index in [4.69, 9.17) is 0 Å². The molecule has 7 heteroatoms. The van der Waals surface area contributed by atoms with Gasteiger partial charge in [0.1, 0.15) is 0 Å². The van der Waals surface area contributed by atoms with E-state index in [1.54, 1.807) is 47.4 Å². The van der Waals surface area contributed by atoms with E-state index < -0.39 is 0 Å². The summed E-state index contributed by atoms with van der Waals surface area (Å²) in [7, 11) is 0. The molecule has 120 valence electrons. The molecule has 0 spiro atoms. The maximum atomic E-state index is 12.0. The van der Waals surface area contributed by atoms with Crippen LogP contribution in [0.15, 0.2) is 67.1 Å². The fourth-order valence-corrected chi connectivity index (χ4v) is 2.05. The van der Waals surface area contributed by atoms with Gasteiger partial charge in [0.15, 0.2) is 5.82 Å². The number of nitrogens with one attached hydrogen (secondary N) is 2. The third-order valence-corrected chi connectivity index (χ3v) is 3.22. The predicted octanol–water partition coefficient (Wildman–Crippen LogP) is 1.64. The largest absolute Gasteiger partial charge is 0.343 e. The van der Waals surface area contributed by atoms with Crippen LogP contribution in [0.25, 0.3) is 5.82 Å². The number of carbonyl (C=O) groups excluding carboxylic acids is 2. The lowest BCUT2D eigenvalue weighted by atomic mass is 10.2. The van der Waals surface area contributed by atoms with Crippen molar-refractivity contribution in [3.8, 4) is 5.82 Å². The molecule has 2 aromatic heterocycles. The second kappa shape index (κ2) is 7.19. The molecule has 0 saturated heterocycles. The van der Waals surface area contributed by atoms with Crippen LogP contribution in [-0.2, 0) is 4.79 Å². The molecule has 0 radical (unpaired) electrons. The molecule has 0 aliphatic rings. The van der Waals surface area contributed by atoms with Crippen LogP contribution in [0.2, 0.25) is 0 Å². The summed E-state index contributed by atoms with van der Waals surface area (Å²) < 4.78 is 1.59. The second-order valence-electron chi connectivity index (χ2n) is 4.95. The van der Waals surface area contributed by atoms with Crippen molar-refractivity contribution in [3.63, 3.8) is 0 Å². The van der Waals surface area contributed by atoms with Crippen LogP contribution in [-0.4, -0.2) is 33.1 Å². The molecule has 0 aliphatic carbocycles. The van der Waals surface area contributed by atoms with Gasteiger partial charge in [-0.05, 0) is 30.3 Å². The highest BCUT2D eigenvalue weighted by Crippen LogP contribution is 2.05. The molecule has 0 bridgehead atoms. The van der Waals surface area contributed by atoms with Gasteiger partial charge in [-0.15, -0.1) is 0 Å². The molecule has 7 nitrogen and oxygen atoms in total. The van der Waals surface area contributed by atoms with Gasteiger partial charge in [-0.2, -0.15) is 5.10 Å². The fraction of sp³-hybridized carbons (Fsp3) is 0.0588. The highest BCUT2D eigenvalue weighted by Gasteiger charge is 2.09. The van der Waals surface area contributed by atoms with E-state index in [2.05, 4.69) is 20.7 Å². The van der Waals surface area contributed by atoms with Gasteiger partial charge in [-0.3, -0.25) is 9.59 Å². The van der Waals surface area contributed by atoms with Gasteiger partial charge in [0.25, 0.3) is 5.91 Å². The van der Waals surface area contributed by atoms with Gasteiger partial charge >= 0.3 is 0 Å². The first-order valence-electron chi connectivity index (χ1n) is 7.31. The van der Waals surface area contributed by atoms with E-state index >= 15 is 0 Å². The van der Waals surface area contributed by atoms with Crippen LogP contribution in [0.5, 0.6) is 0 Å². The fourth-order valence-electron chi connectivity index (χ4n) is 2.05. The Balaban J connectivity index is 1.54. The molecule has 3 aromatic rings. The Hall–Kier alpha value is -3.48. The number of pyridine rings is 1. The van der Waals surface area contributed by atoms with Crippen LogP contribution in [0.1, 0.15) is 10.4 Å². The van der Waals surface area contributed by atoms with Gasteiger partial charge in [-0.25, -0.2) is 9.67 Å². The minimum absolute atomic E-state index is 0.116. The standard InChI is InChI=1S/C17H15N5O2/c23-16(21-14-5-2-1-3-6-14)12-19-17(24)13-7-8-15(18-11-13)22-10-4-9-20-22/h1-11H,12H2,(H,19,24)(H,21,23). The van der Waals surface area contributed by atoms with Crippen molar-refractivity contribution in [2.75, 3.05) is 11.9 Å². The zero-order valence-electron chi connectivity index (χ0n) is 12.7. The highest BCUT2D eigenvalue weighted by atomic mass is 16.2. The molecule has 0 saturated carbocycles. The summed E-state index contributed by atoms with van der Waals surface area (Å²) in [6, 6.07) is 14.2. The number of aromatic nitrogens is 3. The smallest absolute Gasteiger partial charge is 0.253 e. The van der Waals surface area contributed by atoms with Gasteiger partial charge in [0.2, 0.25) is 5.91 Å². The highest BCUT2D eigenvalue weighted by molar-refractivity contribution is 5.99. The lowest BCUT2D eigenvalue weighted by Gasteiger charge is -2.07. The molecule has 0 unspecified atom stereocenters. The molecule has 0 atom stereocenters. The molecular formula is C17H15N5O2. The Morgan fingerprint density at radius 3 is 2.54 bits per heavy atom. The van der Waals surface area contributed by atoms with Crippen LogP contribution >= 0.6 is 0 Å². The Labute approximate surface area is 138 Å². The number of rotatable bonds is 5. The van der Waals surface area contributed by atoms with Gasteiger partial charge in [0.05, 0.1) is 12.1 Å². The molecule has 0 aliphatic heterocycles. The Morgan fingerprint density at radius 2 is 1.88 bits per heavy atom. The maximum Gasteiger partial charge on any atom is 0.253 e. The zero-order valence-corrected chi connectivity index (χ0v) is 12.7. The molecule has 2 amide bonds. The summed E-state index contributed by atoms with van der Waals surface area (Å²) in [4.78, 5) is 28.0. The lowest BCUT2D eigenvalue weighted by Crippen LogP contribution is -2.32. The average Bonchev–Trinajstić information content (AvgIpc) is 3.15. The van der Waals surface area contributed by atoms with Gasteiger partial charge in [0, 0.05) is 24.3 Å². The Morgan fingerprint density at radius 1 is 1.04 bits per heavy atom. The topological polar surface area (TPSA) is 88.9 Å². The summed E-state index contributed by atoms with van der Waals surface area (Å²) >= 11 is 0. The number of amides is 2. The third kappa shape index (κ3) is 3.83. The molecule has 0 fully saturated rings. The maximum absolute atomic E-state index is 12.0. The normalized spacial score (nSPS) is 10.2. The van der Waals surface area contributed by atoms with Crippen molar-refractivity contribution in [3.05, 3.63) is 72.7 Å². The quantitative estimate of drug-likeness (QED) is 0.747. The second-order valence-corrected chi connectivity index (χ2v) is 4.95. The number of hydrogen-bond donors (Lipinski definition) is 2. The van der Waals surface area contributed by atoms with E-state index in [9.17, 15) is 9.59 Å². The van der Waals surface area contributed by atoms with E-state index in [1.165, 1.54) is 6.20 Å². The predicted molar refractivity (Wildman–Crippen MR) is 88.8 cm³/mol. The number of para-hydroxylation sites is 1.